The van der Waals surface area contributed by atoms with Gasteiger partial charge in [0.25, 0.3) is 10.0 Å². The first-order valence-electron chi connectivity index (χ1n) is 8.91. The zero-order chi connectivity index (χ0) is 22.3. The Kier molecular flexibility index (Phi) is 4.87. The highest BCUT2D eigenvalue weighted by Gasteiger charge is 2.41. The summed E-state index contributed by atoms with van der Waals surface area (Å²) in [5, 5.41) is 22.9. The Labute approximate surface area is 176 Å². The lowest BCUT2D eigenvalue weighted by Gasteiger charge is -2.29. The maximum Gasteiger partial charge on any atom is 0.336 e. The number of halogens is 1. The van der Waals surface area contributed by atoms with E-state index in [4.69, 9.17) is 10.00 Å². The molecule has 1 radical (unpaired) electrons. The summed E-state index contributed by atoms with van der Waals surface area (Å²) in [5.74, 6) is -2.27. The molecule has 31 heavy (non-hydrogen) atoms. The van der Waals surface area contributed by atoms with Gasteiger partial charge in [-0.1, -0.05) is 6.07 Å². The SMILES string of the molecule is N#Cc1cccc2c1S(=O)(=O)N(CC(=O)N[C@@H]1COC3=CC(C#N)[CH]C(F)=C31)C(=O)N2. The van der Waals surface area contributed by atoms with Crippen molar-refractivity contribution in [3.63, 3.8) is 0 Å². The number of nitriles is 2. The van der Waals surface area contributed by atoms with Gasteiger partial charge in [0.2, 0.25) is 5.91 Å². The molecule has 157 valence electrons. The first-order valence-corrected chi connectivity index (χ1v) is 10.4. The zero-order valence-electron chi connectivity index (χ0n) is 15.6. The van der Waals surface area contributed by atoms with Crippen molar-refractivity contribution in [1.29, 1.82) is 10.5 Å². The minimum absolute atomic E-state index is 0.0444. The van der Waals surface area contributed by atoms with Crippen molar-refractivity contribution in [3.8, 4) is 12.1 Å². The van der Waals surface area contributed by atoms with Crippen LogP contribution in [0.5, 0.6) is 0 Å². The molecule has 2 atom stereocenters. The van der Waals surface area contributed by atoms with E-state index in [0.29, 0.717) is 4.31 Å². The van der Waals surface area contributed by atoms with Crippen molar-refractivity contribution < 1.29 is 27.1 Å². The van der Waals surface area contributed by atoms with E-state index in [1.54, 1.807) is 6.07 Å². The van der Waals surface area contributed by atoms with Crippen LogP contribution in [0.25, 0.3) is 0 Å². The number of carbonyl (C=O) groups is 2. The van der Waals surface area contributed by atoms with Crippen LogP contribution in [-0.2, 0) is 19.6 Å². The van der Waals surface area contributed by atoms with Crippen LogP contribution in [-0.4, -0.2) is 43.9 Å². The van der Waals surface area contributed by atoms with Crippen molar-refractivity contribution in [1.82, 2.24) is 9.62 Å². The maximum atomic E-state index is 14.4. The molecule has 3 amide bonds. The van der Waals surface area contributed by atoms with Crippen molar-refractivity contribution >= 4 is 27.6 Å². The zero-order valence-corrected chi connectivity index (χ0v) is 16.4. The molecule has 10 nitrogen and oxygen atoms in total. The van der Waals surface area contributed by atoms with Crippen LogP contribution in [0, 0.1) is 35.0 Å². The Bertz CT molecular complexity index is 1260. The highest BCUT2D eigenvalue weighted by Crippen LogP contribution is 2.36. The molecule has 0 bridgehead atoms. The number of anilines is 1. The van der Waals surface area contributed by atoms with Crippen LogP contribution in [0.3, 0.4) is 0 Å². The van der Waals surface area contributed by atoms with Gasteiger partial charge in [-0.15, -0.1) is 0 Å². The van der Waals surface area contributed by atoms with Crippen LogP contribution >= 0.6 is 0 Å². The van der Waals surface area contributed by atoms with Crippen LogP contribution < -0.4 is 10.6 Å². The second kappa shape index (κ2) is 7.41. The highest BCUT2D eigenvalue weighted by molar-refractivity contribution is 7.90. The molecule has 1 fully saturated rings. The van der Waals surface area contributed by atoms with Gasteiger partial charge in [-0.05, 0) is 18.2 Å². The van der Waals surface area contributed by atoms with Gasteiger partial charge in [-0.25, -0.2) is 21.9 Å². The molecule has 2 aliphatic heterocycles. The van der Waals surface area contributed by atoms with Crippen LogP contribution in [0.2, 0.25) is 0 Å². The van der Waals surface area contributed by atoms with Gasteiger partial charge in [-0.3, -0.25) is 4.79 Å². The molecular formula is C19H13FN5O5S. The lowest BCUT2D eigenvalue weighted by atomic mass is 9.93. The van der Waals surface area contributed by atoms with Gasteiger partial charge < -0.3 is 15.4 Å². The number of nitrogens with one attached hydrogen (secondary N) is 2. The summed E-state index contributed by atoms with van der Waals surface area (Å²) in [4.78, 5) is 24.4. The molecule has 4 rings (SSSR count). The van der Waals surface area contributed by atoms with Gasteiger partial charge in [0.15, 0.2) is 0 Å². The fraction of sp³-hybridized carbons (Fsp3) is 0.211. The molecule has 1 saturated heterocycles. The Morgan fingerprint density at radius 3 is 2.87 bits per heavy atom. The predicted octanol–water partition coefficient (Wildman–Crippen LogP) is 1.07. The molecule has 3 aliphatic rings. The monoisotopic (exact) mass is 442 g/mol. The summed E-state index contributed by atoms with van der Waals surface area (Å²) < 4.78 is 45.8. The number of rotatable bonds is 3. The van der Waals surface area contributed by atoms with E-state index in [9.17, 15) is 27.7 Å². The molecule has 1 aliphatic carbocycles. The van der Waals surface area contributed by atoms with E-state index < -0.39 is 51.2 Å². The largest absolute Gasteiger partial charge is 0.491 e. The number of hydrogen-bond donors (Lipinski definition) is 2. The van der Waals surface area contributed by atoms with Gasteiger partial charge >= 0.3 is 6.03 Å². The average Bonchev–Trinajstić information content (AvgIpc) is 3.13. The van der Waals surface area contributed by atoms with Gasteiger partial charge in [-0.2, -0.15) is 10.5 Å². The number of sulfonamides is 1. The summed E-state index contributed by atoms with van der Waals surface area (Å²) in [7, 11) is -4.48. The number of carbonyl (C=O) groups excluding carboxylic acids is 2. The lowest BCUT2D eigenvalue weighted by Crippen LogP contribution is -2.50. The number of hydrogen-bond acceptors (Lipinski definition) is 7. The van der Waals surface area contributed by atoms with Crippen LogP contribution in [0.4, 0.5) is 14.9 Å². The second-order valence-corrected chi connectivity index (χ2v) is 8.58. The molecule has 0 saturated carbocycles. The number of urea groups is 1. The fourth-order valence-electron chi connectivity index (χ4n) is 3.50. The minimum atomic E-state index is -4.48. The number of nitrogens with zero attached hydrogens (tertiary/aromatic N) is 3. The van der Waals surface area contributed by atoms with Crippen LogP contribution in [0.15, 0.2) is 46.3 Å². The summed E-state index contributed by atoms with van der Waals surface area (Å²) >= 11 is 0. The van der Waals surface area contributed by atoms with Crippen molar-refractivity contribution in [2.45, 2.75) is 10.9 Å². The summed E-state index contributed by atoms with van der Waals surface area (Å²) in [6.45, 7) is -1.00. The first kappa shape index (κ1) is 20.4. The van der Waals surface area contributed by atoms with Gasteiger partial charge in [0.1, 0.15) is 35.7 Å². The topological polar surface area (TPSA) is 152 Å². The third-order valence-electron chi connectivity index (χ3n) is 4.86. The molecule has 1 aromatic carbocycles. The minimum Gasteiger partial charge on any atom is -0.491 e. The fourth-order valence-corrected chi connectivity index (χ4v) is 5.06. The average molecular weight is 442 g/mol. The summed E-state index contributed by atoms with van der Waals surface area (Å²) in [6.07, 6.45) is 2.49. The summed E-state index contributed by atoms with van der Waals surface area (Å²) in [5.41, 5.74) is -0.196. The number of ether oxygens (including phenoxy) is 1. The predicted molar refractivity (Wildman–Crippen MR) is 102 cm³/mol. The molecule has 0 spiro atoms. The molecule has 2 N–H and O–H groups in total. The van der Waals surface area contributed by atoms with Crippen molar-refractivity contribution in [3.05, 3.63) is 53.4 Å². The normalized spacial score (nSPS) is 23.4. The number of allylic oxidation sites excluding steroid dienone is 2. The van der Waals surface area contributed by atoms with E-state index in [1.165, 1.54) is 24.3 Å². The van der Waals surface area contributed by atoms with Crippen molar-refractivity contribution in [2.24, 2.45) is 5.92 Å². The highest BCUT2D eigenvalue weighted by atomic mass is 32.2. The van der Waals surface area contributed by atoms with E-state index >= 15 is 0 Å². The van der Waals surface area contributed by atoms with E-state index in [0.717, 1.165) is 6.42 Å². The van der Waals surface area contributed by atoms with Gasteiger partial charge in [0.05, 0.1) is 34.9 Å². The molecule has 1 aromatic rings. The van der Waals surface area contributed by atoms with Crippen molar-refractivity contribution in [2.75, 3.05) is 18.5 Å². The standard InChI is InChI=1S/C19H13FN5O5S/c20-12-4-10(6-21)5-15-17(12)14(9-30-15)23-16(26)8-25-19(27)24-13-3-1-2-11(7-22)18(13)31(25,28)29/h1-5,10,14H,8-9H2,(H,23,26)(H,24,27)/t10?,14-/m1/s1. The van der Waals surface area contributed by atoms with Crippen LogP contribution in [0.1, 0.15) is 5.56 Å². The maximum absolute atomic E-state index is 14.4. The number of fused-ring (bicyclic) bond motifs is 2. The third kappa shape index (κ3) is 3.37. The Balaban J connectivity index is 1.55. The Hall–Kier alpha value is -3.90. The smallest absolute Gasteiger partial charge is 0.336 e. The lowest BCUT2D eigenvalue weighted by molar-refractivity contribution is -0.121. The quantitative estimate of drug-likeness (QED) is 0.710. The molecule has 2 heterocycles. The van der Waals surface area contributed by atoms with E-state index in [-0.39, 0.29) is 29.2 Å². The first-order chi connectivity index (χ1) is 14.8. The number of benzene rings is 1. The Morgan fingerprint density at radius 1 is 1.39 bits per heavy atom. The number of amides is 3. The Morgan fingerprint density at radius 2 is 2.16 bits per heavy atom. The van der Waals surface area contributed by atoms with E-state index in [2.05, 4.69) is 10.6 Å². The third-order valence-corrected chi connectivity index (χ3v) is 6.69. The molecule has 1 unspecified atom stereocenters. The van der Waals surface area contributed by atoms with E-state index in [1.807, 2.05) is 6.07 Å². The summed E-state index contributed by atoms with van der Waals surface area (Å²) in [6, 6.07) is 5.66. The molecule has 0 aromatic heterocycles. The molecule has 12 heteroatoms. The second-order valence-electron chi connectivity index (χ2n) is 6.78. The molecular weight excluding hydrogens is 429 g/mol. The van der Waals surface area contributed by atoms with Gasteiger partial charge in [0, 0.05) is 6.42 Å².